The van der Waals surface area contributed by atoms with Gasteiger partial charge in [-0.1, -0.05) is 56.3 Å². The number of aryl methyl sites for hydroxylation is 1. The lowest BCUT2D eigenvalue weighted by Crippen LogP contribution is -2.45. The SMILES string of the molecule is Cc1nnc(C(C)C)n1C1C[C@H]2CC[C@H](C1)N2CC[C@H](NC(=O)OC(C)(C)C)c1ccc(OCc2ccccc2)cc1. The van der Waals surface area contributed by atoms with Gasteiger partial charge in [-0.05, 0) is 83.1 Å². The number of hydrogen-bond acceptors (Lipinski definition) is 6. The summed E-state index contributed by atoms with van der Waals surface area (Å²) in [5.41, 5.74) is 1.63. The molecule has 3 atom stereocenters. The summed E-state index contributed by atoms with van der Waals surface area (Å²) >= 11 is 0. The lowest BCUT2D eigenvalue weighted by Gasteiger charge is -2.40. The van der Waals surface area contributed by atoms with Crippen LogP contribution in [0, 0.1) is 6.92 Å². The summed E-state index contributed by atoms with van der Waals surface area (Å²) in [6.07, 6.45) is 5.10. The van der Waals surface area contributed by atoms with E-state index >= 15 is 0 Å². The molecule has 8 heteroatoms. The molecule has 2 fully saturated rings. The van der Waals surface area contributed by atoms with Crippen LogP contribution in [0.1, 0.15) is 108 Å². The maximum Gasteiger partial charge on any atom is 0.408 e. The maximum absolute atomic E-state index is 12.9. The van der Waals surface area contributed by atoms with Crippen molar-refractivity contribution in [2.24, 2.45) is 0 Å². The van der Waals surface area contributed by atoms with Gasteiger partial charge in [-0.3, -0.25) is 4.90 Å². The Labute approximate surface area is 250 Å². The van der Waals surface area contributed by atoms with Crippen LogP contribution in [0.25, 0.3) is 0 Å². The third-order valence-corrected chi connectivity index (χ3v) is 8.53. The highest BCUT2D eigenvalue weighted by atomic mass is 16.6. The third kappa shape index (κ3) is 7.33. The molecule has 0 unspecified atom stereocenters. The number of hydrogen-bond donors (Lipinski definition) is 1. The predicted molar refractivity (Wildman–Crippen MR) is 165 cm³/mol. The van der Waals surface area contributed by atoms with Gasteiger partial charge >= 0.3 is 6.09 Å². The highest BCUT2D eigenvalue weighted by molar-refractivity contribution is 5.68. The van der Waals surface area contributed by atoms with Crippen LogP contribution in [0.5, 0.6) is 5.75 Å². The Kier molecular flexibility index (Phi) is 9.21. The number of fused-ring (bicyclic) bond motifs is 2. The quantitative estimate of drug-likeness (QED) is 0.278. The van der Waals surface area contributed by atoms with Crippen LogP contribution < -0.4 is 10.1 Å². The lowest BCUT2D eigenvalue weighted by molar-refractivity contribution is 0.0488. The molecule has 0 spiro atoms. The zero-order chi connectivity index (χ0) is 29.9. The Hall–Kier alpha value is -3.39. The fourth-order valence-electron chi connectivity index (χ4n) is 6.64. The summed E-state index contributed by atoms with van der Waals surface area (Å²) in [6, 6.07) is 19.6. The van der Waals surface area contributed by atoms with Crippen molar-refractivity contribution >= 4 is 6.09 Å². The van der Waals surface area contributed by atoms with E-state index in [1.807, 2.05) is 51.1 Å². The average Bonchev–Trinajstić information content (AvgIpc) is 3.44. The summed E-state index contributed by atoms with van der Waals surface area (Å²) in [5, 5.41) is 12.1. The number of nitrogens with zero attached hydrogens (tertiary/aromatic N) is 4. The second-order valence-electron chi connectivity index (χ2n) is 13.2. The Morgan fingerprint density at radius 3 is 2.26 bits per heavy atom. The minimum absolute atomic E-state index is 0.159. The van der Waals surface area contributed by atoms with Crippen molar-refractivity contribution < 1.29 is 14.3 Å². The molecule has 1 aromatic heterocycles. The largest absolute Gasteiger partial charge is 0.489 e. The molecule has 226 valence electrons. The molecule has 2 aliphatic rings. The second-order valence-corrected chi connectivity index (χ2v) is 13.2. The summed E-state index contributed by atoms with van der Waals surface area (Å²) in [5.74, 6) is 3.29. The van der Waals surface area contributed by atoms with E-state index < -0.39 is 5.60 Å². The molecule has 3 heterocycles. The van der Waals surface area contributed by atoms with Gasteiger partial charge in [0.15, 0.2) is 0 Å². The van der Waals surface area contributed by atoms with Gasteiger partial charge in [-0.25, -0.2) is 4.79 Å². The van der Waals surface area contributed by atoms with Crippen LogP contribution in [0.3, 0.4) is 0 Å². The molecule has 2 saturated heterocycles. The van der Waals surface area contributed by atoms with Crippen LogP contribution in [0.2, 0.25) is 0 Å². The van der Waals surface area contributed by atoms with Crippen molar-refractivity contribution in [2.45, 2.75) is 116 Å². The first-order chi connectivity index (χ1) is 20.1. The molecule has 1 N–H and O–H groups in total. The highest BCUT2D eigenvalue weighted by Crippen LogP contribution is 2.42. The number of carbonyl (C=O) groups is 1. The Morgan fingerprint density at radius 2 is 1.64 bits per heavy atom. The van der Waals surface area contributed by atoms with Crippen LogP contribution in [0.15, 0.2) is 54.6 Å². The molecule has 2 bridgehead atoms. The van der Waals surface area contributed by atoms with Crippen LogP contribution >= 0.6 is 0 Å². The molecule has 42 heavy (non-hydrogen) atoms. The van der Waals surface area contributed by atoms with Gasteiger partial charge in [0.25, 0.3) is 0 Å². The lowest BCUT2D eigenvalue weighted by atomic mass is 9.95. The average molecular weight is 574 g/mol. The molecule has 0 aliphatic carbocycles. The van der Waals surface area contributed by atoms with Gasteiger partial charge < -0.3 is 19.4 Å². The number of rotatable bonds is 10. The number of ether oxygens (including phenoxy) is 2. The number of alkyl carbamates (subject to hydrolysis) is 1. The van der Waals surface area contributed by atoms with E-state index in [1.165, 1.54) is 12.8 Å². The van der Waals surface area contributed by atoms with Crippen LogP contribution in [0.4, 0.5) is 4.79 Å². The monoisotopic (exact) mass is 573 g/mol. The number of benzene rings is 2. The van der Waals surface area contributed by atoms with Gasteiger partial charge in [0.05, 0.1) is 6.04 Å². The number of amides is 1. The molecular formula is C34H47N5O3. The normalized spacial score (nSPS) is 21.4. The van der Waals surface area contributed by atoms with E-state index in [4.69, 9.17) is 9.47 Å². The smallest absolute Gasteiger partial charge is 0.408 e. The number of aromatic nitrogens is 3. The van der Waals surface area contributed by atoms with E-state index in [9.17, 15) is 4.79 Å². The van der Waals surface area contributed by atoms with Crippen molar-refractivity contribution in [3.63, 3.8) is 0 Å². The minimum Gasteiger partial charge on any atom is -0.489 e. The molecule has 3 aromatic rings. The zero-order valence-electron chi connectivity index (χ0n) is 26.0. The number of nitrogens with one attached hydrogen (secondary N) is 1. The van der Waals surface area contributed by atoms with Gasteiger partial charge in [0, 0.05) is 30.6 Å². The standard InChI is InChI=1S/C34H47N5O3/c1-23(2)32-37-36-24(3)39(32)29-20-27-14-15-28(21-29)38(27)19-18-31(35-33(40)42-34(4,5)6)26-12-16-30(17-13-26)41-22-25-10-8-7-9-11-25/h7-13,16-17,23,27-29,31H,14-15,18-22H2,1-6H3,(H,35,40)/t27-,28-,31+/m1/s1. The molecule has 8 nitrogen and oxygen atoms in total. The van der Waals surface area contributed by atoms with Gasteiger partial charge in [0.2, 0.25) is 0 Å². The van der Waals surface area contributed by atoms with Crippen molar-refractivity contribution in [2.75, 3.05) is 6.54 Å². The second kappa shape index (κ2) is 12.9. The molecule has 1 amide bonds. The first-order valence-corrected chi connectivity index (χ1v) is 15.5. The Morgan fingerprint density at radius 1 is 0.976 bits per heavy atom. The number of carbonyl (C=O) groups excluding carboxylic acids is 1. The molecule has 2 aromatic carbocycles. The van der Waals surface area contributed by atoms with Gasteiger partial charge in [0.1, 0.15) is 29.6 Å². The fourth-order valence-corrected chi connectivity index (χ4v) is 6.64. The van der Waals surface area contributed by atoms with Crippen molar-refractivity contribution in [1.29, 1.82) is 0 Å². The third-order valence-electron chi connectivity index (χ3n) is 8.53. The van der Waals surface area contributed by atoms with Crippen molar-refractivity contribution in [3.05, 3.63) is 77.4 Å². The highest BCUT2D eigenvalue weighted by Gasteiger charge is 2.42. The molecule has 2 aliphatic heterocycles. The molecular weight excluding hydrogens is 526 g/mol. The van der Waals surface area contributed by atoms with Crippen molar-refractivity contribution in [3.8, 4) is 5.75 Å². The number of piperidine rings is 1. The van der Waals surface area contributed by atoms with Crippen LogP contribution in [-0.2, 0) is 11.3 Å². The Bertz CT molecular complexity index is 1300. The Balaban J connectivity index is 1.25. The molecule has 0 radical (unpaired) electrons. The first-order valence-electron chi connectivity index (χ1n) is 15.5. The fraction of sp³-hybridized carbons (Fsp3) is 0.559. The van der Waals surface area contributed by atoms with Crippen molar-refractivity contribution in [1.82, 2.24) is 25.0 Å². The predicted octanol–water partition coefficient (Wildman–Crippen LogP) is 7.11. The minimum atomic E-state index is -0.556. The van der Waals surface area contributed by atoms with Gasteiger partial charge in [-0.2, -0.15) is 0 Å². The van der Waals surface area contributed by atoms with E-state index in [-0.39, 0.29) is 12.1 Å². The summed E-state index contributed by atoms with van der Waals surface area (Å²) < 4.78 is 14.1. The van der Waals surface area contributed by atoms with E-state index in [0.29, 0.717) is 30.7 Å². The maximum atomic E-state index is 12.9. The molecule has 5 rings (SSSR count). The van der Waals surface area contributed by atoms with Gasteiger partial charge in [-0.15, -0.1) is 10.2 Å². The topological polar surface area (TPSA) is 81.5 Å². The summed E-state index contributed by atoms with van der Waals surface area (Å²) in [4.78, 5) is 15.6. The van der Waals surface area contributed by atoms with E-state index in [2.05, 4.69) is 70.0 Å². The van der Waals surface area contributed by atoms with Crippen LogP contribution in [-0.4, -0.2) is 50.0 Å². The van der Waals surface area contributed by atoms with E-state index in [0.717, 1.165) is 54.3 Å². The first kappa shape index (κ1) is 30.1. The summed E-state index contributed by atoms with van der Waals surface area (Å²) in [7, 11) is 0. The zero-order valence-corrected chi connectivity index (χ0v) is 26.0. The molecule has 0 saturated carbocycles. The van der Waals surface area contributed by atoms with E-state index in [1.54, 1.807) is 0 Å². The summed E-state index contributed by atoms with van der Waals surface area (Å²) in [6.45, 7) is 13.6.